The van der Waals surface area contributed by atoms with Crippen LogP contribution in [-0.4, -0.2) is 32.2 Å². The second-order valence-electron chi connectivity index (χ2n) is 4.12. The van der Waals surface area contributed by atoms with Crippen LogP contribution in [0.25, 0.3) is 6.08 Å². The molecule has 19 heavy (non-hydrogen) atoms. The van der Waals surface area contributed by atoms with E-state index in [1.54, 1.807) is 6.08 Å². The van der Waals surface area contributed by atoms with Gasteiger partial charge in [-0.05, 0) is 25.5 Å². The number of carbonyl (C=O) groups excluding carboxylic acids is 1. The number of nitrogens with one attached hydrogen (secondary N) is 1. The molecule has 0 fully saturated rings. The second-order valence-corrected chi connectivity index (χ2v) is 4.12. The lowest BCUT2D eigenvalue weighted by molar-refractivity contribution is -0.896. The summed E-state index contributed by atoms with van der Waals surface area (Å²) in [5.74, 6) is -0.273. The number of hydrogen-bond acceptors (Lipinski definition) is 2. The van der Waals surface area contributed by atoms with Crippen LogP contribution < -0.4 is 17.3 Å². The molecule has 0 bridgehead atoms. The van der Waals surface area contributed by atoms with Gasteiger partial charge in [-0.3, -0.25) is 0 Å². The molecule has 0 saturated heterocycles. The third kappa shape index (κ3) is 7.65. The Bertz CT molecular complexity index is 375. The van der Waals surface area contributed by atoms with Crippen molar-refractivity contribution in [1.29, 1.82) is 0 Å². The Morgan fingerprint density at radius 3 is 2.42 bits per heavy atom. The van der Waals surface area contributed by atoms with Gasteiger partial charge in [0.05, 0.1) is 13.1 Å². The first-order valence-corrected chi connectivity index (χ1v) is 6.49. The standard InChI is InChI=1S/C15H21NO2.ClH/c1-3-16(4-2)12-13-18-15(17)11-10-14-8-6-5-7-9-14;/h5-11H,3-4,12-13H2,1-2H3;1H. The van der Waals surface area contributed by atoms with Crippen LogP contribution in [0.2, 0.25) is 0 Å². The molecule has 1 aromatic rings. The van der Waals surface area contributed by atoms with Gasteiger partial charge in [0.15, 0.2) is 0 Å². The topological polar surface area (TPSA) is 30.7 Å². The van der Waals surface area contributed by atoms with Gasteiger partial charge in [0.25, 0.3) is 0 Å². The summed E-state index contributed by atoms with van der Waals surface area (Å²) in [7, 11) is 0. The zero-order chi connectivity index (χ0) is 13.2. The minimum absolute atomic E-state index is 0. The fourth-order valence-corrected chi connectivity index (χ4v) is 1.68. The average Bonchev–Trinajstić information content (AvgIpc) is 2.42. The van der Waals surface area contributed by atoms with Gasteiger partial charge in [0, 0.05) is 6.08 Å². The zero-order valence-electron chi connectivity index (χ0n) is 11.6. The van der Waals surface area contributed by atoms with Crippen LogP contribution in [-0.2, 0) is 9.53 Å². The van der Waals surface area contributed by atoms with Gasteiger partial charge in [0.1, 0.15) is 13.2 Å². The van der Waals surface area contributed by atoms with E-state index in [2.05, 4.69) is 13.8 Å². The Morgan fingerprint density at radius 2 is 1.84 bits per heavy atom. The molecule has 1 rings (SSSR count). The molecule has 0 aliphatic carbocycles. The maximum atomic E-state index is 11.5. The smallest absolute Gasteiger partial charge is 0.330 e. The maximum absolute atomic E-state index is 11.5. The van der Waals surface area contributed by atoms with E-state index in [0.29, 0.717) is 6.61 Å². The van der Waals surface area contributed by atoms with Gasteiger partial charge in [-0.1, -0.05) is 30.3 Å². The SMILES string of the molecule is CC[NH+](CC)CCOC(=O)C=Cc1ccccc1.[Cl-]. The highest BCUT2D eigenvalue weighted by atomic mass is 35.5. The van der Waals surface area contributed by atoms with Crippen LogP contribution in [0.3, 0.4) is 0 Å². The van der Waals surface area contributed by atoms with Gasteiger partial charge in [-0.15, -0.1) is 0 Å². The first kappa shape index (κ1) is 17.7. The van der Waals surface area contributed by atoms with E-state index >= 15 is 0 Å². The van der Waals surface area contributed by atoms with Crippen LogP contribution in [0.5, 0.6) is 0 Å². The monoisotopic (exact) mass is 283 g/mol. The Labute approximate surface area is 121 Å². The van der Waals surface area contributed by atoms with Gasteiger partial charge < -0.3 is 22.0 Å². The number of esters is 1. The van der Waals surface area contributed by atoms with Crippen LogP contribution in [0.1, 0.15) is 19.4 Å². The molecule has 3 nitrogen and oxygen atoms in total. The molecule has 1 aromatic carbocycles. The molecule has 106 valence electrons. The van der Waals surface area contributed by atoms with Gasteiger partial charge >= 0.3 is 5.97 Å². The van der Waals surface area contributed by atoms with Crippen molar-refractivity contribution in [3.8, 4) is 0 Å². The molecule has 0 aromatic heterocycles. The van der Waals surface area contributed by atoms with E-state index in [4.69, 9.17) is 4.74 Å². The minimum atomic E-state index is -0.273. The highest BCUT2D eigenvalue weighted by Gasteiger charge is 2.03. The van der Waals surface area contributed by atoms with Crippen molar-refractivity contribution in [2.45, 2.75) is 13.8 Å². The third-order valence-electron chi connectivity index (χ3n) is 2.91. The van der Waals surface area contributed by atoms with Gasteiger partial charge in [-0.25, -0.2) is 4.79 Å². The fraction of sp³-hybridized carbons (Fsp3) is 0.400. The van der Waals surface area contributed by atoms with Crippen molar-refractivity contribution in [2.24, 2.45) is 0 Å². The molecule has 0 atom stereocenters. The number of carbonyl (C=O) groups is 1. The van der Waals surface area contributed by atoms with Crippen LogP contribution in [0.15, 0.2) is 36.4 Å². The van der Waals surface area contributed by atoms with E-state index in [1.165, 1.54) is 11.0 Å². The van der Waals surface area contributed by atoms with Crippen molar-refractivity contribution < 1.29 is 26.8 Å². The lowest BCUT2D eigenvalue weighted by Crippen LogP contribution is -3.11. The average molecular weight is 284 g/mol. The van der Waals surface area contributed by atoms with Crippen molar-refractivity contribution in [3.63, 3.8) is 0 Å². The predicted molar refractivity (Wildman–Crippen MR) is 73.3 cm³/mol. The van der Waals surface area contributed by atoms with E-state index < -0.39 is 0 Å². The number of hydrogen-bond donors (Lipinski definition) is 1. The molecule has 0 spiro atoms. The first-order valence-electron chi connectivity index (χ1n) is 6.49. The lowest BCUT2D eigenvalue weighted by Gasteiger charge is -2.14. The second kappa shape index (κ2) is 10.6. The molecule has 0 unspecified atom stereocenters. The lowest BCUT2D eigenvalue weighted by atomic mass is 10.2. The van der Waals surface area contributed by atoms with Crippen molar-refractivity contribution in [2.75, 3.05) is 26.2 Å². The highest BCUT2D eigenvalue weighted by molar-refractivity contribution is 5.86. The summed E-state index contributed by atoms with van der Waals surface area (Å²) in [4.78, 5) is 12.9. The Kier molecular flexibility index (Phi) is 9.85. The van der Waals surface area contributed by atoms with Crippen LogP contribution in [0, 0.1) is 0 Å². The zero-order valence-corrected chi connectivity index (χ0v) is 12.3. The minimum Gasteiger partial charge on any atom is -1.00 e. The first-order chi connectivity index (χ1) is 8.76. The third-order valence-corrected chi connectivity index (χ3v) is 2.91. The summed E-state index contributed by atoms with van der Waals surface area (Å²) in [5.41, 5.74) is 1.00. The van der Waals surface area contributed by atoms with E-state index in [1.807, 2.05) is 30.3 Å². The molecular weight excluding hydrogens is 262 g/mol. The maximum Gasteiger partial charge on any atom is 0.330 e. The number of ether oxygens (including phenoxy) is 1. The molecule has 0 amide bonds. The van der Waals surface area contributed by atoms with Crippen LogP contribution in [0.4, 0.5) is 0 Å². The van der Waals surface area contributed by atoms with Crippen LogP contribution >= 0.6 is 0 Å². The summed E-state index contributed by atoms with van der Waals surface area (Å²) >= 11 is 0. The Balaban J connectivity index is 0.00000324. The van der Waals surface area contributed by atoms with Crippen molar-refractivity contribution >= 4 is 12.0 Å². The van der Waals surface area contributed by atoms with Gasteiger partial charge in [-0.2, -0.15) is 0 Å². The largest absolute Gasteiger partial charge is 1.00 e. The molecule has 0 aliphatic rings. The van der Waals surface area contributed by atoms with E-state index in [0.717, 1.165) is 25.2 Å². The number of rotatable bonds is 7. The van der Waals surface area contributed by atoms with Crippen molar-refractivity contribution in [3.05, 3.63) is 42.0 Å². The summed E-state index contributed by atoms with van der Waals surface area (Å²) in [5, 5.41) is 0. The summed E-state index contributed by atoms with van der Waals surface area (Å²) < 4.78 is 5.15. The predicted octanol–water partition coefficient (Wildman–Crippen LogP) is -1.83. The number of halogens is 1. The summed E-state index contributed by atoms with van der Waals surface area (Å²) in [6.45, 7) is 7.75. The molecule has 0 aliphatic heterocycles. The molecule has 1 N–H and O–H groups in total. The molecular formula is C15H22ClNO2. The fourth-order valence-electron chi connectivity index (χ4n) is 1.68. The summed E-state index contributed by atoms with van der Waals surface area (Å²) in [6, 6.07) is 9.72. The Hall–Kier alpha value is -1.32. The van der Waals surface area contributed by atoms with E-state index in [9.17, 15) is 4.79 Å². The quantitative estimate of drug-likeness (QED) is 0.472. The number of likely N-dealkylation sites (N-methyl/N-ethyl adjacent to an activating group) is 1. The highest BCUT2D eigenvalue weighted by Crippen LogP contribution is 2.00. The van der Waals surface area contributed by atoms with Crippen molar-refractivity contribution in [1.82, 2.24) is 0 Å². The molecule has 4 heteroatoms. The molecule has 0 saturated carbocycles. The number of quaternary nitrogens is 1. The van der Waals surface area contributed by atoms with E-state index in [-0.39, 0.29) is 18.4 Å². The van der Waals surface area contributed by atoms with Gasteiger partial charge in [0.2, 0.25) is 0 Å². The summed E-state index contributed by atoms with van der Waals surface area (Å²) in [6.07, 6.45) is 3.25. The molecule has 0 heterocycles. The molecule has 0 radical (unpaired) electrons. The number of benzene rings is 1. The Morgan fingerprint density at radius 1 is 1.21 bits per heavy atom. The normalized spacial score (nSPS) is 10.5.